The molecule has 0 aromatic rings. The summed E-state index contributed by atoms with van der Waals surface area (Å²) >= 11 is 0. The van der Waals surface area contributed by atoms with Gasteiger partial charge in [0.25, 0.3) is 0 Å². The second-order valence-electron chi connectivity index (χ2n) is 3.44. The third kappa shape index (κ3) is 6.83. The van der Waals surface area contributed by atoms with E-state index in [1.165, 1.54) is 11.1 Å². The third-order valence-electron chi connectivity index (χ3n) is 2.23. The van der Waals surface area contributed by atoms with Crippen LogP contribution in [0.5, 0.6) is 0 Å². The Labute approximate surface area is 100 Å². The highest BCUT2D eigenvalue weighted by atomic mass is 14.0. The summed E-state index contributed by atoms with van der Waals surface area (Å²) in [6.45, 7) is 11.5. The Hall–Kier alpha value is -1.56. The summed E-state index contributed by atoms with van der Waals surface area (Å²) in [5.41, 5.74) is 2.64. The quantitative estimate of drug-likeness (QED) is 0.514. The SMILES string of the molecule is C=C/C=C\C(=C/C)CCC(/C=C\C)=C/C=C. The molecule has 0 fully saturated rings. The summed E-state index contributed by atoms with van der Waals surface area (Å²) in [6, 6.07) is 0. The summed E-state index contributed by atoms with van der Waals surface area (Å²) in [4.78, 5) is 0. The normalized spacial score (nSPS) is 13.6. The van der Waals surface area contributed by atoms with Gasteiger partial charge in [0, 0.05) is 0 Å². The fourth-order valence-corrected chi connectivity index (χ4v) is 1.39. The van der Waals surface area contributed by atoms with Gasteiger partial charge in [-0.2, -0.15) is 0 Å². The molecule has 0 amide bonds. The van der Waals surface area contributed by atoms with Crippen molar-refractivity contribution < 1.29 is 0 Å². The molecule has 0 nitrogen and oxygen atoms in total. The van der Waals surface area contributed by atoms with Crippen molar-refractivity contribution in [2.24, 2.45) is 0 Å². The first kappa shape index (κ1) is 14.4. The number of allylic oxidation sites excluding steroid dienone is 10. The van der Waals surface area contributed by atoms with Crippen LogP contribution in [-0.2, 0) is 0 Å². The monoisotopic (exact) mass is 214 g/mol. The maximum absolute atomic E-state index is 3.73. The summed E-state index contributed by atoms with van der Waals surface area (Å²) in [5, 5.41) is 0. The van der Waals surface area contributed by atoms with Crippen LogP contribution in [0.2, 0.25) is 0 Å². The zero-order valence-corrected chi connectivity index (χ0v) is 10.4. The van der Waals surface area contributed by atoms with Gasteiger partial charge in [0.1, 0.15) is 0 Å². The molecule has 0 aromatic carbocycles. The van der Waals surface area contributed by atoms with E-state index in [-0.39, 0.29) is 0 Å². The van der Waals surface area contributed by atoms with Crippen molar-refractivity contribution in [2.45, 2.75) is 26.7 Å². The molecule has 0 heteroatoms. The van der Waals surface area contributed by atoms with Crippen molar-refractivity contribution in [1.82, 2.24) is 0 Å². The van der Waals surface area contributed by atoms with Crippen LogP contribution < -0.4 is 0 Å². The van der Waals surface area contributed by atoms with E-state index in [0.29, 0.717) is 0 Å². The van der Waals surface area contributed by atoms with E-state index in [2.05, 4.69) is 50.5 Å². The Bertz CT molecular complexity index is 322. The highest BCUT2D eigenvalue weighted by molar-refractivity contribution is 5.27. The molecule has 86 valence electrons. The van der Waals surface area contributed by atoms with E-state index >= 15 is 0 Å². The standard InChI is InChI=1S/C16H22/c1-5-9-12-15(8-4)13-14-16(10-6-2)11-7-3/h5-12H,1-2,13-14H2,3-4H3/b11-7-,12-9-,15-8+,16-10+. The van der Waals surface area contributed by atoms with Gasteiger partial charge in [-0.25, -0.2) is 0 Å². The van der Waals surface area contributed by atoms with E-state index in [1.54, 1.807) is 6.08 Å². The molecular formula is C16H22. The molecule has 0 heterocycles. The predicted molar refractivity (Wildman–Crippen MR) is 75.4 cm³/mol. The molecule has 0 atom stereocenters. The van der Waals surface area contributed by atoms with Crippen LogP contribution in [-0.4, -0.2) is 0 Å². The zero-order chi connectivity index (χ0) is 12.2. The van der Waals surface area contributed by atoms with Crippen LogP contribution in [0.1, 0.15) is 26.7 Å². The lowest BCUT2D eigenvalue weighted by Crippen LogP contribution is -1.83. The molecule has 0 radical (unpaired) electrons. The minimum atomic E-state index is 1.04. The zero-order valence-electron chi connectivity index (χ0n) is 10.4. The highest BCUT2D eigenvalue weighted by Crippen LogP contribution is 2.14. The van der Waals surface area contributed by atoms with Gasteiger partial charge in [-0.15, -0.1) is 0 Å². The summed E-state index contributed by atoms with van der Waals surface area (Å²) in [7, 11) is 0. The molecule has 0 bridgehead atoms. The molecule has 0 spiro atoms. The molecule has 0 N–H and O–H groups in total. The molecule has 16 heavy (non-hydrogen) atoms. The number of hydrogen-bond acceptors (Lipinski definition) is 0. The van der Waals surface area contributed by atoms with Crippen LogP contribution >= 0.6 is 0 Å². The largest absolute Gasteiger partial charge is 0.0991 e. The van der Waals surface area contributed by atoms with Crippen molar-refractivity contribution in [3.8, 4) is 0 Å². The molecule has 0 unspecified atom stereocenters. The summed E-state index contributed by atoms with van der Waals surface area (Å²) in [6.07, 6.45) is 18.2. The molecule has 0 aromatic heterocycles. The third-order valence-corrected chi connectivity index (χ3v) is 2.23. The van der Waals surface area contributed by atoms with Crippen LogP contribution in [0.4, 0.5) is 0 Å². The van der Waals surface area contributed by atoms with E-state index in [9.17, 15) is 0 Å². The van der Waals surface area contributed by atoms with Gasteiger partial charge in [0.05, 0.1) is 0 Å². The number of rotatable bonds is 7. The van der Waals surface area contributed by atoms with E-state index in [4.69, 9.17) is 0 Å². The second kappa shape index (κ2) is 9.97. The van der Waals surface area contributed by atoms with Crippen LogP contribution in [0.25, 0.3) is 0 Å². The van der Waals surface area contributed by atoms with Crippen molar-refractivity contribution in [1.29, 1.82) is 0 Å². The van der Waals surface area contributed by atoms with Gasteiger partial charge in [0.15, 0.2) is 0 Å². The minimum absolute atomic E-state index is 1.04. The minimum Gasteiger partial charge on any atom is -0.0991 e. The molecular weight excluding hydrogens is 192 g/mol. The lowest BCUT2D eigenvalue weighted by Gasteiger charge is -2.02. The molecule has 0 saturated heterocycles. The average Bonchev–Trinajstić information content (AvgIpc) is 2.30. The van der Waals surface area contributed by atoms with Gasteiger partial charge >= 0.3 is 0 Å². The van der Waals surface area contributed by atoms with Crippen molar-refractivity contribution in [2.75, 3.05) is 0 Å². The van der Waals surface area contributed by atoms with Gasteiger partial charge < -0.3 is 0 Å². The Balaban J connectivity index is 4.39. The lowest BCUT2D eigenvalue weighted by molar-refractivity contribution is 0.967. The maximum atomic E-state index is 3.73. The first-order valence-corrected chi connectivity index (χ1v) is 5.67. The van der Waals surface area contributed by atoms with Crippen molar-refractivity contribution in [3.63, 3.8) is 0 Å². The van der Waals surface area contributed by atoms with Gasteiger partial charge in [0.2, 0.25) is 0 Å². The molecule has 0 aliphatic heterocycles. The average molecular weight is 214 g/mol. The van der Waals surface area contributed by atoms with E-state index < -0.39 is 0 Å². The van der Waals surface area contributed by atoms with Crippen LogP contribution in [0, 0.1) is 0 Å². The van der Waals surface area contributed by atoms with Crippen molar-refractivity contribution in [3.05, 3.63) is 72.9 Å². The van der Waals surface area contributed by atoms with Gasteiger partial charge in [-0.05, 0) is 32.3 Å². The summed E-state index contributed by atoms with van der Waals surface area (Å²) in [5.74, 6) is 0. The fourth-order valence-electron chi connectivity index (χ4n) is 1.39. The Kier molecular flexibility index (Phi) is 9.00. The molecule has 0 saturated carbocycles. The number of hydrogen-bond donors (Lipinski definition) is 0. The highest BCUT2D eigenvalue weighted by Gasteiger charge is 1.94. The Morgan fingerprint density at radius 1 is 0.938 bits per heavy atom. The molecule has 0 rings (SSSR count). The smallest absolute Gasteiger partial charge is 0.0238 e. The first-order chi connectivity index (χ1) is 7.78. The predicted octanol–water partition coefficient (Wildman–Crippen LogP) is 5.14. The van der Waals surface area contributed by atoms with Crippen LogP contribution in [0.3, 0.4) is 0 Å². The second-order valence-corrected chi connectivity index (χ2v) is 3.44. The molecule has 0 aliphatic rings. The van der Waals surface area contributed by atoms with Gasteiger partial charge in [-0.3, -0.25) is 0 Å². The van der Waals surface area contributed by atoms with Crippen LogP contribution in [0.15, 0.2) is 72.9 Å². The first-order valence-electron chi connectivity index (χ1n) is 5.67. The maximum Gasteiger partial charge on any atom is -0.0238 e. The molecule has 0 aliphatic carbocycles. The van der Waals surface area contributed by atoms with Crippen molar-refractivity contribution >= 4 is 0 Å². The Morgan fingerprint density at radius 2 is 1.62 bits per heavy atom. The van der Waals surface area contributed by atoms with E-state index in [1.807, 2.05) is 19.1 Å². The van der Waals surface area contributed by atoms with E-state index in [0.717, 1.165) is 12.8 Å². The lowest BCUT2D eigenvalue weighted by atomic mass is 10.0. The Morgan fingerprint density at radius 3 is 2.12 bits per heavy atom. The fraction of sp³-hybridized carbons (Fsp3) is 0.250. The summed E-state index contributed by atoms with van der Waals surface area (Å²) < 4.78 is 0. The topological polar surface area (TPSA) is 0 Å². The van der Waals surface area contributed by atoms with Gasteiger partial charge in [-0.1, -0.05) is 67.3 Å².